The molecule has 0 spiro atoms. The van der Waals surface area contributed by atoms with Crippen molar-refractivity contribution in [1.82, 2.24) is 4.90 Å². The van der Waals surface area contributed by atoms with Crippen LogP contribution in [-0.4, -0.2) is 60.5 Å². The molecule has 2 N–H and O–H groups in total. The first kappa shape index (κ1) is 15.9. The molecule has 0 amide bonds. The summed E-state index contributed by atoms with van der Waals surface area (Å²) in [5.41, 5.74) is 1.46. The molecule has 1 aliphatic rings. The number of carbonyl (C=O) groups is 1. The van der Waals surface area contributed by atoms with E-state index < -0.39 is 5.97 Å². The third kappa shape index (κ3) is 4.81. The van der Waals surface area contributed by atoms with E-state index in [4.69, 9.17) is 14.9 Å². The number of rotatable bonds is 7. The minimum absolute atomic E-state index is 0.0601. The van der Waals surface area contributed by atoms with E-state index in [0.717, 1.165) is 38.0 Å². The molecule has 1 aromatic rings. The van der Waals surface area contributed by atoms with E-state index in [1.807, 2.05) is 12.1 Å². The number of aromatic carboxylic acids is 1. The maximum atomic E-state index is 11.1. The number of benzene rings is 1. The Morgan fingerprint density at radius 2 is 2.24 bits per heavy atom. The van der Waals surface area contributed by atoms with E-state index in [9.17, 15) is 4.79 Å². The fraction of sp³-hybridized carbons (Fsp3) is 0.562. The van der Waals surface area contributed by atoms with E-state index in [0.29, 0.717) is 24.7 Å². The highest BCUT2D eigenvalue weighted by atomic mass is 16.5. The van der Waals surface area contributed by atoms with Gasteiger partial charge < -0.3 is 19.8 Å². The van der Waals surface area contributed by atoms with Gasteiger partial charge in [0, 0.05) is 13.1 Å². The molecule has 1 heterocycles. The maximum Gasteiger partial charge on any atom is 0.335 e. The molecule has 1 atom stereocenters. The van der Waals surface area contributed by atoms with Crippen LogP contribution in [0.3, 0.4) is 0 Å². The summed E-state index contributed by atoms with van der Waals surface area (Å²) in [5, 5.41) is 17.8. The highest BCUT2D eigenvalue weighted by Gasteiger charge is 2.21. The van der Waals surface area contributed by atoms with Crippen LogP contribution in [0.25, 0.3) is 0 Å². The first-order valence-corrected chi connectivity index (χ1v) is 7.45. The predicted molar refractivity (Wildman–Crippen MR) is 79.7 cm³/mol. The molecular formula is C16H23NO4. The van der Waals surface area contributed by atoms with Crippen molar-refractivity contribution in [2.24, 2.45) is 0 Å². The molecule has 0 unspecified atom stereocenters. The van der Waals surface area contributed by atoms with E-state index in [2.05, 4.69) is 4.90 Å². The normalized spacial score (nSPS) is 19.6. The Hall–Kier alpha value is -1.43. The number of aliphatic hydroxyl groups excluding tert-OH is 1. The lowest BCUT2D eigenvalue weighted by Gasteiger charge is -2.33. The lowest BCUT2D eigenvalue weighted by Crippen LogP contribution is -2.36. The third-order valence-electron chi connectivity index (χ3n) is 3.90. The van der Waals surface area contributed by atoms with Crippen LogP contribution in [0.15, 0.2) is 24.3 Å². The van der Waals surface area contributed by atoms with Crippen molar-refractivity contribution < 1.29 is 19.7 Å². The molecule has 1 aliphatic heterocycles. The number of aliphatic hydroxyl groups is 1. The van der Waals surface area contributed by atoms with Gasteiger partial charge in [0.2, 0.25) is 0 Å². The number of ether oxygens (including phenoxy) is 1. The van der Waals surface area contributed by atoms with Gasteiger partial charge in [-0.1, -0.05) is 12.1 Å². The zero-order valence-electron chi connectivity index (χ0n) is 12.2. The number of likely N-dealkylation sites (tertiary alicyclic amines) is 1. The molecule has 5 nitrogen and oxygen atoms in total. The maximum absolute atomic E-state index is 11.1. The largest absolute Gasteiger partial charge is 0.478 e. The monoisotopic (exact) mass is 293 g/mol. The van der Waals surface area contributed by atoms with Crippen LogP contribution < -0.4 is 0 Å². The van der Waals surface area contributed by atoms with Gasteiger partial charge >= 0.3 is 5.97 Å². The lowest BCUT2D eigenvalue weighted by atomic mass is 9.90. The van der Waals surface area contributed by atoms with Crippen LogP contribution in [-0.2, 0) is 4.74 Å². The van der Waals surface area contributed by atoms with Crippen LogP contribution in [0.4, 0.5) is 0 Å². The van der Waals surface area contributed by atoms with Gasteiger partial charge in [0.1, 0.15) is 0 Å². The smallest absolute Gasteiger partial charge is 0.335 e. The average Bonchev–Trinajstić information content (AvgIpc) is 2.52. The number of hydrogen-bond donors (Lipinski definition) is 2. The Morgan fingerprint density at radius 1 is 1.38 bits per heavy atom. The van der Waals surface area contributed by atoms with Gasteiger partial charge in [-0.2, -0.15) is 0 Å². The minimum Gasteiger partial charge on any atom is -0.478 e. The van der Waals surface area contributed by atoms with Gasteiger partial charge in [0.05, 0.1) is 25.4 Å². The van der Waals surface area contributed by atoms with Gasteiger partial charge in [-0.15, -0.1) is 0 Å². The first-order chi connectivity index (χ1) is 10.2. The number of piperidine rings is 1. The molecule has 2 rings (SSSR count). The molecule has 1 fully saturated rings. The summed E-state index contributed by atoms with van der Waals surface area (Å²) in [7, 11) is 0. The second-order valence-electron chi connectivity index (χ2n) is 5.41. The zero-order chi connectivity index (χ0) is 15.1. The molecule has 0 aromatic heterocycles. The molecule has 0 aliphatic carbocycles. The number of nitrogens with zero attached hydrogens (tertiary/aromatic N) is 1. The summed E-state index contributed by atoms with van der Waals surface area (Å²) in [6, 6.07) is 7.26. The van der Waals surface area contributed by atoms with Crippen LogP contribution in [0.1, 0.15) is 34.7 Å². The number of carboxylic acid groups (broad SMARTS) is 1. The summed E-state index contributed by atoms with van der Waals surface area (Å²) in [6.45, 7) is 3.92. The van der Waals surface area contributed by atoms with Crippen LogP contribution in [0.2, 0.25) is 0 Å². The van der Waals surface area contributed by atoms with Crippen molar-refractivity contribution in [3.8, 4) is 0 Å². The van der Waals surface area contributed by atoms with Crippen molar-refractivity contribution in [1.29, 1.82) is 0 Å². The van der Waals surface area contributed by atoms with Crippen molar-refractivity contribution >= 4 is 5.97 Å². The van der Waals surface area contributed by atoms with Gasteiger partial charge in [0.15, 0.2) is 0 Å². The third-order valence-corrected chi connectivity index (χ3v) is 3.90. The molecule has 21 heavy (non-hydrogen) atoms. The summed E-state index contributed by atoms with van der Waals surface area (Å²) in [6.07, 6.45) is 2.21. The predicted octanol–water partition coefficient (Wildman–Crippen LogP) is 1.57. The molecule has 5 heteroatoms. The minimum atomic E-state index is -0.873. The van der Waals surface area contributed by atoms with Crippen molar-refractivity contribution in [2.45, 2.75) is 18.8 Å². The zero-order valence-corrected chi connectivity index (χ0v) is 12.2. The van der Waals surface area contributed by atoms with Gasteiger partial charge in [0.25, 0.3) is 0 Å². The standard InChI is InChI=1S/C16H23NO4/c18-8-10-21-9-7-17-6-2-5-15(12-17)13-3-1-4-14(11-13)16(19)20/h1,3-4,11,15,18H,2,5-10,12H2,(H,19,20)/t15-/m1/s1. The highest BCUT2D eigenvalue weighted by molar-refractivity contribution is 5.87. The van der Waals surface area contributed by atoms with E-state index in [1.165, 1.54) is 0 Å². The molecule has 116 valence electrons. The van der Waals surface area contributed by atoms with E-state index >= 15 is 0 Å². The Kier molecular flexibility index (Phi) is 6.17. The molecule has 0 saturated carbocycles. The second-order valence-corrected chi connectivity index (χ2v) is 5.41. The Labute approximate surface area is 125 Å². The number of hydrogen-bond acceptors (Lipinski definition) is 4. The Morgan fingerprint density at radius 3 is 3.00 bits per heavy atom. The molecule has 0 bridgehead atoms. The highest BCUT2D eigenvalue weighted by Crippen LogP contribution is 2.27. The van der Waals surface area contributed by atoms with E-state index in [1.54, 1.807) is 12.1 Å². The Bertz CT molecular complexity index is 463. The van der Waals surface area contributed by atoms with Crippen LogP contribution >= 0.6 is 0 Å². The van der Waals surface area contributed by atoms with Gasteiger partial charge in [-0.05, 0) is 43.0 Å². The molecular weight excluding hydrogens is 270 g/mol. The van der Waals surface area contributed by atoms with Crippen molar-refractivity contribution in [2.75, 3.05) is 39.5 Å². The first-order valence-electron chi connectivity index (χ1n) is 7.45. The Balaban J connectivity index is 1.91. The van der Waals surface area contributed by atoms with Gasteiger partial charge in [-0.25, -0.2) is 4.79 Å². The summed E-state index contributed by atoms with van der Waals surface area (Å²) in [5.74, 6) is -0.488. The molecule has 1 aromatic carbocycles. The average molecular weight is 293 g/mol. The SMILES string of the molecule is O=C(O)c1cccc([C@@H]2CCCN(CCOCCO)C2)c1. The fourth-order valence-corrected chi connectivity index (χ4v) is 2.82. The topological polar surface area (TPSA) is 70.0 Å². The quantitative estimate of drug-likeness (QED) is 0.747. The van der Waals surface area contributed by atoms with E-state index in [-0.39, 0.29) is 6.61 Å². The van der Waals surface area contributed by atoms with Crippen molar-refractivity contribution in [3.63, 3.8) is 0 Å². The number of carboxylic acids is 1. The summed E-state index contributed by atoms with van der Waals surface area (Å²) < 4.78 is 5.31. The molecule has 1 saturated heterocycles. The summed E-state index contributed by atoms with van der Waals surface area (Å²) >= 11 is 0. The van der Waals surface area contributed by atoms with Crippen LogP contribution in [0.5, 0.6) is 0 Å². The van der Waals surface area contributed by atoms with Crippen molar-refractivity contribution in [3.05, 3.63) is 35.4 Å². The van der Waals surface area contributed by atoms with Gasteiger partial charge in [-0.3, -0.25) is 0 Å². The lowest BCUT2D eigenvalue weighted by molar-refractivity contribution is 0.0671. The van der Waals surface area contributed by atoms with Crippen LogP contribution in [0, 0.1) is 0 Å². The second kappa shape index (κ2) is 8.12. The summed E-state index contributed by atoms with van der Waals surface area (Å²) in [4.78, 5) is 13.4. The molecule has 0 radical (unpaired) electrons. The fourth-order valence-electron chi connectivity index (χ4n) is 2.82.